The van der Waals surface area contributed by atoms with Crippen LogP contribution < -0.4 is 5.32 Å². The molecule has 1 rings (SSSR count). The summed E-state index contributed by atoms with van der Waals surface area (Å²) in [5.41, 5.74) is 1.08. The van der Waals surface area contributed by atoms with E-state index in [1.165, 1.54) is 0 Å². The first-order valence-corrected chi connectivity index (χ1v) is 2.98. The van der Waals surface area contributed by atoms with E-state index in [1.807, 2.05) is 25.2 Å². The number of nitrogens with one attached hydrogen (secondary N) is 1. The number of rotatable bonds is 2. The maximum Gasteiger partial charge on any atom is 0.0541 e. The second kappa shape index (κ2) is 4.94. The Hall–Kier alpha value is -0.890. The second-order valence-corrected chi connectivity index (χ2v) is 1.85. The van der Waals surface area contributed by atoms with Crippen LogP contribution in [-0.4, -0.2) is 12.0 Å². The van der Waals surface area contributed by atoms with Crippen molar-refractivity contribution in [3.63, 3.8) is 0 Å². The van der Waals surface area contributed by atoms with Crippen molar-refractivity contribution in [1.82, 2.24) is 10.3 Å². The van der Waals surface area contributed by atoms with Crippen LogP contribution in [-0.2, 0) is 6.54 Å². The molecule has 0 saturated carbocycles. The highest BCUT2D eigenvalue weighted by Crippen LogP contribution is 1.89. The molecule has 0 aliphatic carbocycles. The monoisotopic (exact) mass is 140 g/mol. The summed E-state index contributed by atoms with van der Waals surface area (Å²) in [6.45, 7) is 0.848. The van der Waals surface area contributed by atoms with Crippen LogP contribution in [0.1, 0.15) is 14.5 Å². The van der Waals surface area contributed by atoms with Crippen molar-refractivity contribution in [2.75, 3.05) is 7.05 Å². The largest absolute Gasteiger partial charge is 0.314 e. The maximum absolute atomic E-state index is 4.11. The van der Waals surface area contributed by atoms with Gasteiger partial charge in [-0.1, -0.05) is 13.5 Å². The molecule has 0 spiro atoms. The molecular weight excluding hydrogens is 124 g/mol. The Morgan fingerprint density at radius 3 is 2.90 bits per heavy atom. The average Bonchev–Trinajstić information content (AvgIpc) is 1.91. The third-order valence-corrected chi connectivity index (χ3v) is 1.08. The molecule has 10 heavy (non-hydrogen) atoms. The molecule has 58 valence electrons. The summed E-state index contributed by atoms with van der Waals surface area (Å²) in [6, 6.07) is 5.90. The first-order valence-electron chi connectivity index (χ1n) is 2.98. The number of nitrogens with zero attached hydrogens (tertiary/aromatic N) is 1. The van der Waals surface area contributed by atoms with E-state index in [-0.39, 0.29) is 8.85 Å². The molecule has 0 radical (unpaired) electrons. The lowest BCUT2D eigenvalue weighted by atomic mass is 10.3. The summed E-state index contributed by atoms with van der Waals surface area (Å²) in [4.78, 5) is 4.11. The van der Waals surface area contributed by atoms with Crippen molar-refractivity contribution in [2.24, 2.45) is 0 Å². The summed E-state index contributed by atoms with van der Waals surface area (Å²) >= 11 is 0. The number of aromatic nitrogens is 1. The van der Waals surface area contributed by atoms with E-state index in [0.29, 0.717) is 0 Å². The lowest BCUT2D eigenvalue weighted by Gasteiger charge is -1.94. The van der Waals surface area contributed by atoms with Crippen LogP contribution >= 0.6 is 0 Å². The first-order chi connectivity index (χ1) is 4.43. The van der Waals surface area contributed by atoms with Gasteiger partial charge in [-0.2, -0.15) is 0 Å². The smallest absolute Gasteiger partial charge is 0.0541 e. The van der Waals surface area contributed by atoms with Crippen LogP contribution in [0.4, 0.5) is 0 Å². The van der Waals surface area contributed by atoms with Gasteiger partial charge in [0.05, 0.1) is 5.69 Å². The molecule has 0 aromatic carbocycles. The Balaban J connectivity index is 0. The molecule has 0 unspecified atom stereocenters. The first kappa shape index (κ1) is 9.11. The highest BCUT2D eigenvalue weighted by molar-refractivity contribution is 5.02. The number of pyridine rings is 1. The van der Waals surface area contributed by atoms with E-state index in [1.54, 1.807) is 6.20 Å². The number of hydrogen-bond acceptors (Lipinski definition) is 2. The molecule has 0 aliphatic rings. The molecule has 0 aliphatic heterocycles. The van der Waals surface area contributed by atoms with Gasteiger partial charge in [0, 0.05) is 14.2 Å². The van der Waals surface area contributed by atoms with Crippen LogP contribution in [0, 0.1) is 0 Å². The molecular formula is C8H16N2. The fraction of sp³-hybridized carbons (Fsp3) is 0.375. The highest BCUT2D eigenvalue weighted by Gasteiger charge is 1.85. The predicted molar refractivity (Wildman–Crippen MR) is 45.8 cm³/mol. The molecule has 0 fully saturated rings. The van der Waals surface area contributed by atoms with Crippen LogP contribution in [0.3, 0.4) is 0 Å². The summed E-state index contributed by atoms with van der Waals surface area (Å²) in [5, 5.41) is 3.02. The molecule has 0 saturated heterocycles. The topological polar surface area (TPSA) is 24.9 Å². The molecule has 0 amide bonds. The van der Waals surface area contributed by atoms with Gasteiger partial charge in [-0.05, 0) is 19.2 Å². The fourth-order valence-corrected chi connectivity index (χ4v) is 0.684. The minimum atomic E-state index is 0. The minimum absolute atomic E-state index is 0. The van der Waals surface area contributed by atoms with Crippen LogP contribution in [0.25, 0.3) is 0 Å². The second-order valence-electron chi connectivity index (χ2n) is 1.85. The van der Waals surface area contributed by atoms with Crippen molar-refractivity contribution in [3.05, 3.63) is 30.1 Å². The zero-order chi connectivity index (χ0) is 6.53. The zero-order valence-electron chi connectivity index (χ0n) is 5.46. The predicted octanol–water partition coefficient (Wildman–Crippen LogP) is 1.68. The van der Waals surface area contributed by atoms with E-state index < -0.39 is 0 Å². The van der Waals surface area contributed by atoms with Gasteiger partial charge in [0.2, 0.25) is 0 Å². The normalized spacial score (nSPS) is 8.50. The third-order valence-electron chi connectivity index (χ3n) is 1.08. The summed E-state index contributed by atoms with van der Waals surface area (Å²) in [5.74, 6) is 0. The fourth-order valence-electron chi connectivity index (χ4n) is 0.684. The van der Waals surface area contributed by atoms with Gasteiger partial charge in [-0.15, -0.1) is 0 Å². The Morgan fingerprint density at radius 2 is 2.40 bits per heavy atom. The molecule has 0 atom stereocenters. The van der Waals surface area contributed by atoms with Crippen molar-refractivity contribution in [1.29, 1.82) is 0 Å². The summed E-state index contributed by atoms with van der Waals surface area (Å²) in [6.07, 6.45) is 1.80. The van der Waals surface area contributed by atoms with Crippen LogP contribution in [0.2, 0.25) is 0 Å². The molecule has 1 N–H and O–H groups in total. The lowest BCUT2D eigenvalue weighted by Crippen LogP contribution is -2.05. The molecule has 1 aromatic rings. The Kier molecular flexibility index (Phi) is 4.50. The lowest BCUT2D eigenvalue weighted by molar-refractivity contribution is 0.791. The van der Waals surface area contributed by atoms with Gasteiger partial charge < -0.3 is 5.32 Å². The summed E-state index contributed by atoms with van der Waals surface area (Å²) < 4.78 is 0. The van der Waals surface area contributed by atoms with Crippen molar-refractivity contribution in [3.8, 4) is 0 Å². The molecule has 2 nitrogen and oxygen atoms in total. The van der Waals surface area contributed by atoms with Gasteiger partial charge in [0.25, 0.3) is 0 Å². The van der Waals surface area contributed by atoms with E-state index in [9.17, 15) is 0 Å². The molecule has 1 aromatic heterocycles. The Labute approximate surface area is 63.8 Å². The zero-order valence-corrected chi connectivity index (χ0v) is 5.46. The van der Waals surface area contributed by atoms with Crippen LogP contribution in [0.5, 0.6) is 0 Å². The average molecular weight is 140 g/mol. The van der Waals surface area contributed by atoms with Gasteiger partial charge in [0.1, 0.15) is 0 Å². The maximum atomic E-state index is 4.11. The highest BCUT2D eigenvalue weighted by atomic mass is 14.8. The van der Waals surface area contributed by atoms with Gasteiger partial charge in [0.15, 0.2) is 0 Å². The number of hydrogen-bond donors (Lipinski definition) is 1. The minimum Gasteiger partial charge on any atom is -0.314 e. The van der Waals surface area contributed by atoms with E-state index in [2.05, 4.69) is 10.3 Å². The molecule has 2 heteroatoms. The van der Waals surface area contributed by atoms with E-state index >= 15 is 0 Å². The molecule has 0 bridgehead atoms. The van der Waals surface area contributed by atoms with Gasteiger partial charge in [-0.3, -0.25) is 4.98 Å². The third kappa shape index (κ3) is 2.60. The van der Waals surface area contributed by atoms with Crippen molar-refractivity contribution >= 4 is 0 Å². The van der Waals surface area contributed by atoms with Crippen molar-refractivity contribution in [2.45, 2.75) is 14.0 Å². The van der Waals surface area contributed by atoms with Crippen LogP contribution in [0.15, 0.2) is 24.4 Å². The van der Waals surface area contributed by atoms with E-state index in [4.69, 9.17) is 0 Å². The standard InChI is InChI=1S/C7H10N2.CH4.H2/c1-8-6-7-4-2-3-5-9-7;;/h2-5,8H,6H2,1H3;1H4;1H. The summed E-state index contributed by atoms with van der Waals surface area (Å²) in [7, 11) is 1.91. The SMILES string of the molecule is C.CNCc1ccccn1.[HH]. The Bertz CT molecular complexity index is 165. The Morgan fingerprint density at radius 1 is 1.60 bits per heavy atom. The van der Waals surface area contributed by atoms with E-state index in [0.717, 1.165) is 12.2 Å². The quantitative estimate of drug-likeness (QED) is 0.676. The molecule has 1 heterocycles. The van der Waals surface area contributed by atoms with Gasteiger partial charge in [-0.25, -0.2) is 0 Å². The van der Waals surface area contributed by atoms with Gasteiger partial charge >= 0.3 is 0 Å². The van der Waals surface area contributed by atoms with Crippen molar-refractivity contribution < 1.29 is 1.43 Å².